The minimum atomic E-state index is -0.477. The molecule has 1 unspecified atom stereocenters. The van der Waals surface area contributed by atoms with E-state index in [1.165, 1.54) is 0 Å². The van der Waals surface area contributed by atoms with Crippen LogP contribution in [-0.2, 0) is 9.47 Å². The maximum absolute atomic E-state index is 8.82. The molecule has 0 aliphatic heterocycles. The molecular weight excluding hydrogens is 132 g/mol. The molecule has 1 aliphatic rings. The van der Waals surface area contributed by atoms with Crippen LogP contribution in [0.3, 0.4) is 0 Å². The maximum Gasteiger partial charge on any atom is 0.172 e. The van der Waals surface area contributed by atoms with E-state index in [-0.39, 0.29) is 12.5 Å². The number of hydrogen-bond acceptors (Lipinski definition) is 3. The molecule has 0 aromatic rings. The first kappa shape index (κ1) is 7.98. The molecule has 0 amide bonds. The number of rotatable bonds is 3. The largest absolute Gasteiger partial charge is 0.396 e. The van der Waals surface area contributed by atoms with E-state index >= 15 is 0 Å². The van der Waals surface area contributed by atoms with Crippen LogP contribution in [0.1, 0.15) is 12.8 Å². The number of hydrogen-bond donors (Lipinski definition) is 1. The summed E-state index contributed by atoms with van der Waals surface area (Å²) in [5, 5.41) is 8.82. The summed E-state index contributed by atoms with van der Waals surface area (Å²) in [6.45, 7) is 0.154. The van der Waals surface area contributed by atoms with E-state index < -0.39 is 5.79 Å². The smallest absolute Gasteiger partial charge is 0.172 e. The van der Waals surface area contributed by atoms with Crippen molar-refractivity contribution in [1.82, 2.24) is 0 Å². The van der Waals surface area contributed by atoms with Crippen molar-refractivity contribution in [3.05, 3.63) is 0 Å². The second-order valence-electron chi connectivity index (χ2n) is 2.64. The van der Waals surface area contributed by atoms with E-state index in [1.54, 1.807) is 14.2 Å². The fourth-order valence-electron chi connectivity index (χ4n) is 1.44. The van der Waals surface area contributed by atoms with Crippen LogP contribution in [0.4, 0.5) is 0 Å². The third kappa shape index (κ3) is 0.944. The second-order valence-corrected chi connectivity index (χ2v) is 2.64. The van der Waals surface area contributed by atoms with Gasteiger partial charge < -0.3 is 14.6 Å². The fourth-order valence-corrected chi connectivity index (χ4v) is 1.44. The SMILES string of the molecule is COC1(OC)CCC1CO. The van der Waals surface area contributed by atoms with Crippen LogP contribution >= 0.6 is 0 Å². The van der Waals surface area contributed by atoms with Gasteiger partial charge in [-0.15, -0.1) is 0 Å². The van der Waals surface area contributed by atoms with Crippen molar-refractivity contribution in [2.24, 2.45) is 5.92 Å². The zero-order valence-corrected chi connectivity index (χ0v) is 6.46. The monoisotopic (exact) mass is 146 g/mol. The average molecular weight is 146 g/mol. The quantitative estimate of drug-likeness (QED) is 0.585. The highest BCUT2D eigenvalue weighted by atomic mass is 16.7. The highest BCUT2D eigenvalue weighted by Crippen LogP contribution is 2.41. The number of aliphatic hydroxyl groups excluding tert-OH is 1. The highest BCUT2D eigenvalue weighted by Gasteiger charge is 2.47. The Kier molecular flexibility index (Phi) is 2.28. The molecule has 3 nitrogen and oxygen atoms in total. The highest BCUT2D eigenvalue weighted by molar-refractivity contribution is 4.89. The van der Waals surface area contributed by atoms with E-state index in [2.05, 4.69) is 0 Å². The van der Waals surface area contributed by atoms with Crippen molar-refractivity contribution in [3.63, 3.8) is 0 Å². The van der Waals surface area contributed by atoms with Crippen LogP contribution in [0.15, 0.2) is 0 Å². The summed E-state index contributed by atoms with van der Waals surface area (Å²) < 4.78 is 10.3. The molecule has 0 bridgehead atoms. The van der Waals surface area contributed by atoms with Gasteiger partial charge in [-0.2, -0.15) is 0 Å². The van der Waals surface area contributed by atoms with E-state index in [4.69, 9.17) is 14.6 Å². The zero-order valence-electron chi connectivity index (χ0n) is 6.46. The Hall–Kier alpha value is -0.120. The number of methoxy groups -OCH3 is 2. The Morgan fingerprint density at radius 2 is 2.10 bits per heavy atom. The summed E-state index contributed by atoms with van der Waals surface area (Å²) in [5.74, 6) is -0.308. The minimum Gasteiger partial charge on any atom is -0.396 e. The second kappa shape index (κ2) is 2.86. The van der Waals surface area contributed by atoms with Crippen molar-refractivity contribution in [2.75, 3.05) is 20.8 Å². The average Bonchev–Trinajstić information content (AvgIpc) is 1.90. The maximum atomic E-state index is 8.82. The molecule has 0 saturated heterocycles. The minimum absolute atomic E-state index is 0.154. The summed E-state index contributed by atoms with van der Waals surface area (Å²) in [6, 6.07) is 0. The van der Waals surface area contributed by atoms with E-state index in [0.717, 1.165) is 12.8 Å². The molecule has 1 rings (SSSR count). The van der Waals surface area contributed by atoms with Gasteiger partial charge in [-0.1, -0.05) is 0 Å². The van der Waals surface area contributed by atoms with Crippen molar-refractivity contribution < 1.29 is 14.6 Å². The summed E-state index contributed by atoms with van der Waals surface area (Å²) >= 11 is 0. The third-order valence-electron chi connectivity index (χ3n) is 2.37. The molecule has 1 saturated carbocycles. The van der Waals surface area contributed by atoms with E-state index in [1.807, 2.05) is 0 Å². The standard InChI is InChI=1S/C7H14O3/c1-9-7(10-2)4-3-6(7)5-8/h6,8H,3-5H2,1-2H3. The van der Waals surface area contributed by atoms with Crippen LogP contribution in [0.5, 0.6) is 0 Å². The van der Waals surface area contributed by atoms with Crippen LogP contribution in [0, 0.1) is 5.92 Å². The molecular formula is C7H14O3. The summed E-state index contributed by atoms with van der Waals surface area (Å²) in [6.07, 6.45) is 1.89. The summed E-state index contributed by atoms with van der Waals surface area (Å²) in [7, 11) is 3.23. The van der Waals surface area contributed by atoms with E-state index in [0.29, 0.717) is 0 Å². The topological polar surface area (TPSA) is 38.7 Å². The Bertz CT molecular complexity index is 102. The van der Waals surface area contributed by atoms with Crippen molar-refractivity contribution in [1.29, 1.82) is 0 Å². The molecule has 1 N–H and O–H groups in total. The van der Waals surface area contributed by atoms with Gasteiger partial charge in [0.2, 0.25) is 0 Å². The van der Waals surface area contributed by atoms with Gasteiger partial charge in [0.05, 0.1) is 6.61 Å². The molecule has 60 valence electrons. The number of aliphatic hydroxyl groups is 1. The Morgan fingerprint density at radius 3 is 2.20 bits per heavy atom. The molecule has 0 aromatic heterocycles. The lowest BCUT2D eigenvalue weighted by atomic mass is 9.78. The third-order valence-corrected chi connectivity index (χ3v) is 2.37. The normalized spacial score (nSPS) is 29.7. The van der Waals surface area contributed by atoms with Gasteiger partial charge in [0.25, 0.3) is 0 Å². The van der Waals surface area contributed by atoms with Gasteiger partial charge in [-0.05, 0) is 6.42 Å². The Morgan fingerprint density at radius 1 is 1.50 bits per heavy atom. The summed E-state index contributed by atoms with van der Waals surface area (Å²) in [4.78, 5) is 0. The molecule has 0 aromatic carbocycles. The van der Waals surface area contributed by atoms with Crippen molar-refractivity contribution in [3.8, 4) is 0 Å². The lowest BCUT2D eigenvalue weighted by Gasteiger charge is -2.45. The predicted molar refractivity (Wildman–Crippen MR) is 36.6 cm³/mol. The van der Waals surface area contributed by atoms with Crippen LogP contribution in [-0.4, -0.2) is 31.7 Å². The lowest BCUT2D eigenvalue weighted by Crippen LogP contribution is -2.51. The molecule has 0 radical (unpaired) electrons. The van der Waals surface area contributed by atoms with Gasteiger partial charge in [0.15, 0.2) is 5.79 Å². The van der Waals surface area contributed by atoms with E-state index in [9.17, 15) is 0 Å². The first-order chi connectivity index (χ1) is 4.79. The van der Waals surface area contributed by atoms with Gasteiger partial charge in [0.1, 0.15) is 0 Å². The van der Waals surface area contributed by atoms with Gasteiger partial charge in [-0.3, -0.25) is 0 Å². The molecule has 0 spiro atoms. The number of ether oxygens (including phenoxy) is 2. The molecule has 0 heterocycles. The van der Waals surface area contributed by atoms with Gasteiger partial charge in [0, 0.05) is 26.6 Å². The molecule has 1 atom stereocenters. The Labute approximate surface area is 60.9 Å². The van der Waals surface area contributed by atoms with Crippen LogP contribution in [0.25, 0.3) is 0 Å². The molecule has 3 heteroatoms. The molecule has 10 heavy (non-hydrogen) atoms. The first-order valence-corrected chi connectivity index (χ1v) is 3.50. The predicted octanol–water partition coefficient (Wildman–Crippen LogP) is 0.378. The van der Waals surface area contributed by atoms with Crippen LogP contribution in [0.2, 0.25) is 0 Å². The van der Waals surface area contributed by atoms with Gasteiger partial charge in [-0.25, -0.2) is 0 Å². The first-order valence-electron chi connectivity index (χ1n) is 3.50. The van der Waals surface area contributed by atoms with Crippen molar-refractivity contribution >= 4 is 0 Å². The lowest BCUT2D eigenvalue weighted by molar-refractivity contribution is -0.292. The molecule has 1 fully saturated rings. The zero-order chi connectivity index (χ0) is 7.61. The molecule has 1 aliphatic carbocycles. The fraction of sp³-hybridized carbons (Fsp3) is 1.00. The van der Waals surface area contributed by atoms with Crippen molar-refractivity contribution in [2.45, 2.75) is 18.6 Å². The Balaban J connectivity index is 2.48. The summed E-state index contributed by atoms with van der Waals surface area (Å²) in [5.41, 5.74) is 0. The van der Waals surface area contributed by atoms with Crippen LogP contribution < -0.4 is 0 Å². The van der Waals surface area contributed by atoms with Gasteiger partial charge >= 0.3 is 0 Å².